The van der Waals surface area contributed by atoms with Crippen LogP contribution in [0.4, 0.5) is 17.6 Å². The normalized spacial score (nSPS) is 29.0. The minimum absolute atomic E-state index is 0.0244. The maximum atomic E-state index is 15.0. The van der Waals surface area contributed by atoms with Crippen molar-refractivity contribution in [3.63, 3.8) is 0 Å². The molecule has 69 heteroatoms. The Kier molecular flexibility index (Phi) is 34.8. The quantitative estimate of drug-likeness (QED) is 0.00865. The Bertz CT molecular complexity index is 6330. The molecule has 0 radical (unpaired) electrons. The van der Waals surface area contributed by atoms with Crippen LogP contribution in [0.1, 0.15) is 85.7 Å². The minimum atomic E-state index is -5.56. The van der Waals surface area contributed by atoms with E-state index in [2.05, 4.69) is 39.9 Å². The number of aliphatic hydroxyl groups is 4. The number of hydrogen-bond donors (Lipinski definition) is 12. The SMILES string of the molecule is COc1ccc(C(OC[C@H]2O[C@@H](n3cc(C)c(=O)[nH]c3=O)C[C@H]2OP(=O)(O)OC[C@H]2O[C@@H](n3cnc4c(=O)[nH]c(N)nc43)C[C@H]2OP(=O)(O)OC[C@H]2O[C@@H](n3cnc4c(N)ncnc43)C[C@H]2OP(=O)(O)OC[C@H]2O[C@@H](n3ccc(N)nc3=O)C[C@H]2O)(c2ccccc2)c2ccc(OCCCOP(=O)(OCCC#N)OC[SiH]3O[SiH2]O[SiH]4O[SiH]5O[SiH2]O[SiH](CCO)O[Si](CCO)(O5)O[Si](CCO)(O3)O4)cc2)cc1. The summed E-state index contributed by atoms with van der Waals surface area (Å²) in [5.41, 5.74) is 14.2. The number of phosphoric acid groups is 4. The second-order valence-electron chi connectivity index (χ2n) is 32.1. The number of nitrogens with one attached hydrogen (secondary N) is 2. The van der Waals surface area contributed by atoms with Crippen molar-refractivity contribution >= 4 is 146 Å². The molecule has 23 atom stereocenters. The number of nitrogen functional groups attached to an aromatic ring is 3. The van der Waals surface area contributed by atoms with Gasteiger partial charge in [-0.25, -0.2) is 47.8 Å². The van der Waals surface area contributed by atoms with Gasteiger partial charge in [-0.3, -0.25) is 78.5 Å². The summed E-state index contributed by atoms with van der Waals surface area (Å²) in [6.45, 7) is -4.02. The molecular formula is C72H100N16O41P4Si8. The third kappa shape index (κ3) is 25.8. The Morgan fingerprint density at radius 2 is 1.13 bits per heavy atom. The molecule has 0 spiro atoms. The maximum Gasteiger partial charge on any atom is 0.479 e. The molecular weight excluding hydrogens is 2090 g/mol. The average Bonchev–Trinajstić information content (AvgIpc) is 1.38. The van der Waals surface area contributed by atoms with Crippen LogP contribution in [0.3, 0.4) is 0 Å². The number of aromatic amines is 2. The summed E-state index contributed by atoms with van der Waals surface area (Å²) in [5, 5.41) is 51.1. The van der Waals surface area contributed by atoms with Gasteiger partial charge >= 0.3 is 97.9 Å². The van der Waals surface area contributed by atoms with Crippen LogP contribution < -0.4 is 49.2 Å². The third-order valence-electron chi connectivity index (χ3n) is 22.7. The minimum Gasteiger partial charge on any atom is -0.497 e. The molecule has 15 N–H and O–H groups in total. The summed E-state index contributed by atoms with van der Waals surface area (Å²) in [7, 11) is -44.1. The van der Waals surface area contributed by atoms with Gasteiger partial charge in [-0.15, -0.1) is 0 Å². The number of benzene rings is 3. The highest BCUT2D eigenvalue weighted by atomic mass is 31.2. The van der Waals surface area contributed by atoms with Gasteiger partial charge in [0.2, 0.25) is 5.95 Å². The zero-order valence-electron chi connectivity index (χ0n) is 74.7. The number of nitrogens with zero attached hydrogens (tertiary/aromatic N) is 11. The lowest BCUT2D eigenvalue weighted by molar-refractivity contribution is -0.0952. The zero-order valence-corrected chi connectivity index (χ0v) is 87.7. The first-order chi connectivity index (χ1) is 67.7. The van der Waals surface area contributed by atoms with E-state index in [1.54, 1.807) is 78.9 Å². The van der Waals surface area contributed by atoms with Crippen molar-refractivity contribution in [3.05, 3.63) is 180 Å². The molecule has 57 nitrogen and oxygen atoms in total. The smallest absolute Gasteiger partial charge is 0.479 e. The predicted octanol–water partition coefficient (Wildman–Crippen LogP) is -1.83. The highest BCUT2D eigenvalue weighted by Gasteiger charge is 2.62. The monoisotopic (exact) mass is 2190 g/mol. The number of hydrogen-bond acceptors (Lipinski definition) is 48. The number of ether oxygens (including phenoxy) is 7. The summed E-state index contributed by atoms with van der Waals surface area (Å²) < 4.78 is 221. The van der Waals surface area contributed by atoms with Crippen molar-refractivity contribution in [2.75, 3.05) is 96.6 Å². The lowest BCUT2D eigenvalue weighted by Crippen LogP contribution is -2.70. The molecule has 0 aliphatic carbocycles. The van der Waals surface area contributed by atoms with Crippen LogP contribution in [-0.4, -0.2) is 297 Å². The predicted molar refractivity (Wildman–Crippen MR) is 495 cm³/mol. The van der Waals surface area contributed by atoms with E-state index in [4.69, 9.17) is 132 Å². The molecule has 766 valence electrons. The molecule has 7 fully saturated rings. The van der Waals surface area contributed by atoms with Crippen LogP contribution in [0.15, 0.2) is 135 Å². The van der Waals surface area contributed by atoms with Gasteiger partial charge in [-0.2, -0.15) is 15.2 Å². The van der Waals surface area contributed by atoms with Gasteiger partial charge in [0.05, 0.1) is 90.8 Å². The second-order valence-corrected chi connectivity index (χ2v) is 57.0. The lowest BCUT2D eigenvalue weighted by atomic mass is 9.80. The van der Waals surface area contributed by atoms with E-state index in [-0.39, 0.29) is 116 Å². The maximum absolute atomic E-state index is 15.0. The fourth-order valence-electron chi connectivity index (χ4n) is 16.1. The van der Waals surface area contributed by atoms with Crippen LogP contribution >= 0.6 is 31.3 Å². The first-order valence-electron chi connectivity index (χ1n) is 43.6. The zero-order chi connectivity index (χ0) is 99.6. The molecule has 141 heavy (non-hydrogen) atoms. The van der Waals surface area contributed by atoms with Gasteiger partial charge in [0.15, 0.2) is 22.6 Å². The first-order valence-corrected chi connectivity index (χ1v) is 62.1. The van der Waals surface area contributed by atoms with E-state index in [1.165, 1.54) is 48.0 Å². The van der Waals surface area contributed by atoms with Gasteiger partial charge < -0.3 is 127 Å². The Morgan fingerprint density at radius 1 is 0.582 bits per heavy atom. The Hall–Kier alpha value is -7.97. The van der Waals surface area contributed by atoms with E-state index in [0.717, 1.165) is 21.8 Å². The average molecular weight is 2190 g/mol. The summed E-state index contributed by atoms with van der Waals surface area (Å²) in [4.78, 5) is 117. The number of aromatic nitrogens is 12. The van der Waals surface area contributed by atoms with E-state index in [0.29, 0.717) is 28.2 Å². The first kappa shape index (κ1) is 106. The van der Waals surface area contributed by atoms with Crippen molar-refractivity contribution in [1.82, 2.24) is 58.1 Å². The summed E-state index contributed by atoms with van der Waals surface area (Å²) in [6, 6.07) is 25.3. The number of imidazole rings is 2. The number of nitriles is 1. The number of rotatable bonds is 44. The van der Waals surface area contributed by atoms with Gasteiger partial charge in [-0.1, -0.05) is 54.6 Å². The van der Waals surface area contributed by atoms with E-state index in [9.17, 15) is 77.8 Å². The summed E-state index contributed by atoms with van der Waals surface area (Å²) in [6.07, 6.45) is -13.3. The van der Waals surface area contributed by atoms with Crippen molar-refractivity contribution in [2.45, 2.75) is 143 Å². The molecule has 13 heterocycles. The summed E-state index contributed by atoms with van der Waals surface area (Å²) >= 11 is 0. The van der Waals surface area contributed by atoms with Crippen LogP contribution in [0.5, 0.6) is 11.5 Å². The second kappa shape index (κ2) is 46.4. The van der Waals surface area contributed by atoms with Crippen molar-refractivity contribution < 1.29 is 168 Å². The van der Waals surface area contributed by atoms with Crippen LogP contribution in [-0.2, 0) is 129 Å². The topological polar surface area (TPSA) is 749 Å². The number of fused-ring (bicyclic) bond motifs is 6. The number of H-pyrrole nitrogens is 2. The molecule has 7 aliphatic rings. The van der Waals surface area contributed by atoms with Gasteiger partial charge in [0.25, 0.3) is 31.1 Å². The molecule has 7 saturated heterocycles. The molecule has 11 unspecified atom stereocenters. The van der Waals surface area contributed by atoms with Crippen molar-refractivity contribution in [1.29, 1.82) is 5.26 Å². The molecule has 6 aromatic heterocycles. The molecule has 0 amide bonds. The van der Waals surface area contributed by atoms with Gasteiger partial charge in [0.1, 0.15) is 102 Å². The molecule has 0 saturated carbocycles. The van der Waals surface area contributed by atoms with Crippen LogP contribution in [0.2, 0.25) is 18.1 Å². The van der Waals surface area contributed by atoms with Crippen molar-refractivity contribution in [2.24, 2.45) is 0 Å². The Balaban J connectivity index is 0.614. The molecule has 3 aromatic carbocycles. The van der Waals surface area contributed by atoms with Crippen molar-refractivity contribution in [3.8, 4) is 17.6 Å². The molecule has 4 bridgehead atoms. The van der Waals surface area contributed by atoms with E-state index < -0.39 is 267 Å². The number of anilines is 3. The summed E-state index contributed by atoms with van der Waals surface area (Å²) in [5.74, 6) is 0.300. The number of aryl methyl sites for hydroxylation is 1. The molecule has 9 aromatic rings. The molecule has 7 aliphatic heterocycles. The Morgan fingerprint density at radius 3 is 1.72 bits per heavy atom. The highest BCUT2D eigenvalue weighted by Crippen LogP contribution is 2.56. The van der Waals surface area contributed by atoms with E-state index in [1.807, 2.05) is 6.07 Å². The number of aliphatic hydroxyl groups excluding tert-OH is 4. The van der Waals surface area contributed by atoms with Gasteiger partial charge in [-0.05, 0) is 53.9 Å². The standard InChI is InChI=1S/C72H100N16O41P4Si8/c1-43-34-86(71(96)84-67(43)93)59-31-50(117-131(99,100)110-38-56-52(33-61(116-56)88-41-80-63-66(88)82-69(76)83-68(63)94)119-132(101,102)111-37-55-51(32-60(115-55)87-40-79-62-64(75)77-39-78-65(62)87)118-130(97,98)109-36-53-49(92)30-58(113-53)85-20-18-57(74)81-70(85)95)54(114-59)35-106-72(44-8-4-3-5-9-44,45-10-14-47(104-2)15-11-45)46-12-16-48(17-13-46)105-24-7-26-108-133(103,107-25-6-19-73)112-42-137-121-135-123-139-124-138-122-134-120-136(27-21-89)125-140(127-138,28-22-90)129-141(126-137,128-139)29-23-91/h3-5,8-18,20,34,39-41,49-56,58-61,89-92,136-139H,6-7,21-33,35-38,42,134-135H2,1-2H3,(H,97,98)(H,99,100)(H,101,102)(H2,74,81,95)(H2,75,77,78)(H,84,93,96)(H3,76,82,83,94)/t49-,50-,51-,52-,53-,54-,55-,56-,58-,59-,60-,61-,72?,133?,136?,137?,138?,139?,140?,141?/m1/s1. The number of methoxy groups -OCH3 is 1. The molecule has 16 rings (SSSR count). The largest absolute Gasteiger partial charge is 0.497 e. The fraction of sp³-hybridized carbons (Fsp3) is 0.486. The number of nitrogens with two attached hydrogens (primary N) is 3. The van der Waals surface area contributed by atoms with Gasteiger partial charge in [0, 0.05) is 88.0 Å². The lowest BCUT2D eigenvalue weighted by Gasteiger charge is -2.46. The third-order valence-corrected chi connectivity index (χ3v) is 51.3. The fourth-order valence-corrected chi connectivity index (χ4v) is 49.6. The number of phosphoric ester groups is 4. The van der Waals surface area contributed by atoms with Crippen LogP contribution in [0.25, 0.3) is 22.3 Å². The van der Waals surface area contributed by atoms with Crippen LogP contribution in [0, 0.1) is 18.3 Å². The highest BCUT2D eigenvalue weighted by molar-refractivity contribution is 7.48. The van der Waals surface area contributed by atoms with E-state index >= 15 is 0 Å². The Labute approximate surface area is 811 Å².